The zero-order chi connectivity index (χ0) is 13.9. The summed E-state index contributed by atoms with van der Waals surface area (Å²) in [5.41, 5.74) is 0.0615. The van der Waals surface area contributed by atoms with Crippen LogP contribution in [0.2, 0.25) is 0 Å². The first-order valence-corrected chi connectivity index (χ1v) is 7.71. The number of rotatable bonds is 6. The predicted molar refractivity (Wildman–Crippen MR) is 97.0 cm³/mol. The molecule has 0 atom stereocenters. The Kier molecular flexibility index (Phi) is 7.04. The highest BCUT2D eigenvalue weighted by Gasteiger charge is 2.33. The second-order valence-electron chi connectivity index (χ2n) is 7.04. The molecule has 2 fully saturated rings. The van der Waals surface area contributed by atoms with Crippen LogP contribution in [0.3, 0.4) is 0 Å². The van der Waals surface area contributed by atoms with Gasteiger partial charge in [0.25, 0.3) is 0 Å². The van der Waals surface area contributed by atoms with Gasteiger partial charge in [0.15, 0.2) is 5.96 Å². The molecule has 2 aliphatic carbocycles. The molecule has 5 heteroatoms. The first kappa shape index (κ1) is 18.0. The summed E-state index contributed by atoms with van der Waals surface area (Å²) in [6.07, 6.45) is 5.71. The molecule has 0 radical (unpaired) electrons. The zero-order valence-corrected chi connectivity index (χ0v) is 15.7. The Bertz CT molecular complexity index is 316. The van der Waals surface area contributed by atoms with Crippen molar-refractivity contribution in [2.24, 2.45) is 10.9 Å². The molecule has 0 aromatic heterocycles. The van der Waals surface area contributed by atoms with Crippen LogP contribution in [-0.4, -0.2) is 49.1 Å². The van der Waals surface area contributed by atoms with Crippen molar-refractivity contribution in [3.63, 3.8) is 0 Å². The van der Waals surface area contributed by atoms with Crippen molar-refractivity contribution in [3.8, 4) is 0 Å². The minimum atomic E-state index is 0. The first-order valence-electron chi connectivity index (χ1n) is 7.71. The maximum Gasteiger partial charge on any atom is 0.191 e. The summed E-state index contributed by atoms with van der Waals surface area (Å²) in [6.45, 7) is 9.92. The lowest BCUT2D eigenvalue weighted by Gasteiger charge is -2.26. The fraction of sp³-hybridized carbons (Fsp3) is 0.933. The number of aliphatic imine (C=N–C) groups is 1. The lowest BCUT2D eigenvalue weighted by Crippen LogP contribution is -2.49. The van der Waals surface area contributed by atoms with Crippen LogP contribution in [0.4, 0.5) is 0 Å². The second-order valence-corrected chi connectivity index (χ2v) is 7.04. The van der Waals surface area contributed by atoms with E-state index in [-0.39, 0.29) is 29.5 Å². The van der Waals surface area contributed by atoms with Crippen LogP contribution in [0.1, 0.15) is 46.5 Å². The third-order valence-corrected chi connectivity index (χ3v) is 3.66. The molecule has 2 rings (SSSR count). The van der Waals surface area contributed by atoms with Crippen LogP contribution in [-0.2, 0) is 0 Å². The third-order valence-electron chi connectivity index (χ3n) is 3.66. The molecular formula is C15H31IN4. The van der Waals surface area contributed by atoms with Crippen molar-refractivity contribution in [1.82, 2.24) is 15.5 Å². The lowest BCUT2D eigenvalue weighted by atomic mass is 10.1. The van der Waals surface area contributed by atoms with Crippen LogP contribution in [0.5, 0.6) is 0 Å². The van der Waals surface area contributed by atoms with Crippen molar-refractivity contribution in [2.75, 3.05) is 26.7 Å². The molecule has 0 aromatic rings. The Labute approximate surface area is 141 Å². The van der Waals surface area contributed by atoms with E-state index in [9.17, 15) is 0 Å². The van der Waals surface area contributed by atoms with Gasteiger partial charge in [-0.3, -0.25) is 9.89 Å². The smallest absolute Gasteiger partial charge is 0.191 e. The Morgan fingerprint density at radius 3 is 2.30 bits per heavy atom. The molecule has 2 N–H and O–H groups in total. The quantitative estimate of drug-likeness (QED) is 0.413. The van der Waals surface area contributed by atoms with E-state index < -0.39 is 0 Å². The van der Waals surface area contributed by atoms with Gasteiger partial charge < -0.3 is 10.6 Å². The molecule has 118 valence electrons. The molecule has 0 saturated heterocycles. The molecule has 0 aliphatic heterocycles. The van der Waals surface area contributed by atoms with E-state index >= 15 is 0 Å². The van der Waals surface area contributed by atoms with E-state index in [1.165, 1.54) is 32.2 Å². The number of hydrogen-bond donors (Lipinski definition) is 2. The molecule has 20 heavy (non-hydrogen) atoms. The molecule has 0 unspecified atom stereocenters. The standard InChI is InChI=1S/C15H30N4.HI/c1-15(2,3)18-14(16-4)17-9-10-19(13-7-8-13)11-12-5-6-12;/h12-13H,5-11H2,1-4H3,(H2,16,17,18);1H. The van der Waals surface area contributed by atoms with E-state index in [1.54, 1.807) is 0 Å². The number of hydrogen-bond acceptors (Lipinski definition) is 2. The fourth-order valence-corrected chi connectivity index (χ4v) is 2.35. The Hall–Kier alpha value is -0.0400. The Balaban J connectivity index is 0.00000200. The van der Waals surface area contributed by atoms with E-state index in [0.29, 0.717) is 0 Å². The summed E-state index contributed by atoms with van der Waals surface area (Å²) in [5.74, 6) is 1.90. The average molecular weight is 394 g/mol. The predicted octanol–water partition coefficient (Wildman–Crippen LogP) is 2.44. The Morgan fingerprint density at radius 1 is 1.20 bits per heavy atom. The number of guanidine groups is 1. The Morgan fingerprint density at radius 2 is 1.85 bits per heavy atom. The van der Waals surface area contributed by atoms with Gasteiger partial charge in [0, 0.05) is 38.3 Å². The van der Waals surface area contributed by atoms with E-state index in [4.69, 9.17) is 0 Å². The maximum absolute atomic E-state index is 4.28. The highest BCUT2D eigenvalue weighted by molar-refractivity contribution is 14.0. The number of halogens is 1. The van der Waals surface area contributed by atoms with Gasteiger partial charge >= 0.3 is 0 Å². The molecular weight excluding hydrogens is 363 g/mol. The van der Waals surface area contributed by atoms with Crippen molar-refractivity contribution in [2.45, 2.75) is 58.0 Å². The van der Waals surface area contributed by atoms with E-state index in [0.717, 1.165) is 31.0 Å². The van der Waals surface area contributed by atoms with Crippen molar-refractivity contribution >= 4 is 29.9 Å². The van der Waals surface area contributed by atoms with Crippen LogP contribution < -0.4 is 10.6 Å². The molecule has 0 bridgehead atoms. The maximum atomic E-state index is 4.28. The highest BCUT2D eigenvalue weighted by Crippen LogP contribution is 2.34. The average Bonchev–Trinajstić information content (AvgIpc) is 3.16. The van der Waals surface area contributed by atoms with Gasteiger partial charge in [-0.05, 0) is 52.4 Å². The van der Waals surface area contributed by atoms with Crippen molar-refractivity contribution in [1.29, 1.82) is 0 Å². The van der Waals surface area contributed by atoms with Crippen molar-refractivity contribution < 1.29 is 0 Å². The van der Waals surface area contributed by atoms with Gasteiger partial charge in [-0.15, -0.1) is 24.0 Å². The van der Waals surface area contributed by atoms with Gasteiger partial charge in [0.05, 0.1) is 0 Å². The number of nitrogens with zero attached hydrogens (tertiary/aromatic N) is 2. The summed E-state index contributed by atoms with van der Waals surface area (Å²) < 4.78 is 0. The third kappa shape index (κ3) is 7.11. The van der Waals surface area contributed by atoms with Gasteiger partial charge in [0.2, 0.25) is 0 Å². The summed E-state index contributed by atoms with van der Waals surface area (Å²) in [6, 6.07) is 0.875. The lowest BCUT2D eigenvalue weighted by molar-refractivity contribution is 0.256. The topological polar surface area (TPSA) is 39.7 Å². The largest absolute Gasteiger partial charge is 0.355 e. The van der Waals surface area contributed by atoms with Crippen LogP contribution in [0, 0.1) is 5.92 Å². The van der Waals surface area contributed by atoms with E-state index in [1.807, 2.05) is 7.05 Å². The van der Waals surface area contributed by atoms with Gasteiger partial charge in [-0.25, -0.2) is 0 Å². The summed E-state index contributed by atoms with van der Waals surface area (Å²) in [7, 11) is 1.84. The van der Waals surface area contributed by atoms with E-state index in [2.05, 4.69) is 41.3 Å². The number of nitrogens with one attached hydrogen (secondary N) is 2. The summed E-state index contributed by atoms with van der Waals surface area (Å²) >= 11 is 0. The fourth-order valence-electron chi connectivity index (χ4n) is 2.35. The first-order chi connectivity index (χ1) is 8.98. The molecule has 0 heterocycles. The minimum Gasteiger partial charge on any atom is -0.355 e. The monoisotopic (exact) mass is 394 g/mol. The second kappa shape index (κ2) is 7.82. The highest BCUT2D eigenvalue weighted by atomic mass is 127. The molecule has 0 spiro atoms. The van der Waals surface area contributed by atoms with Gasteiger partial charge in [-0.2, -0.15) is 0 Å². The summed E-state index contributed by atoms with van der Waals surface area (Å²) in [4.78, 5) is 6.96. The van der Waals surface area contributed by atoms with Gasteiger partial charge in [0.1, 0.15) is 0 Å². The van der Waals surface area contributed by atoms with Crippen molar-refractivity contribution in [3.05, 3.63) is 0 Å². The molecule has 4 nitrogen and oxygen atoms in total. The van der Waals surface area contributed by atoms with Crippen LogP contribution in [0.15, 0.2) is 4.99 Å². The molecule has 0 aromatic carbocycles. The minimum absolute atomic E-state index is 0. The molecule has 2 saturated carbocycles. The van der Waals surface area contributed by atoms with Crippen LogP contribution >= 0.6 is 24.0 Å². The zero-order valence-electron chi connectivity index (χ0n) is 13.4. The van der Waals surface area contributed by atoms with Crippen LogP contribution in [0.25, 0.3) is 0 Å². The SMILES string of the molecule is CN=C(NCCN(CC1CC1)C1CC1)NC(C)(C)C.I. The molecule has 2 aliphatic rings. The summed E-state index contributed by atoms with van der Waals surface area (Å²) in [5, 5.41) is 6.83. The van der Waals surface area contributed by atoms with Gasteiger partial charge in [-0.1, -0.05) is 0 Å². The molecule has 0 amide bonds. The normalized spacial score (nSPS) is 19.8.